The molecule has 0 bridgehead atoms. The fraction of sp³-hybridized carbons (Fsp3) is 0.700. The molecular weight excluding hydrogens is 258 g/mol. The first kappa shape index (κ1) is 14.4. The van der Waals surface area contributed by atoms with Crippen molar-refractivity contribution in [2.24, 2.45) is 0 Å². The van der Waals surface area contributed by atoms with Gasteiger partial charge in [-0.15, -0.1) is 0 Å². The maximum Gasteiger partial charge on any atom is 0.325 e. The van der Waals surface area contributed by atoms with Crippen molar-refractivity contribution in [3.8, 4) is 0 Å². The van der Waals surface area contributed by atoms with E-state index in [9.17, 15) is 4.79 Å². The van der Waals surface area contributed by atoms with Crippen LogP contribution in [0, 0.1) is 0 Å². The Morgan fingerprint density at radius 3 is 3.00 bits per heavy atom. The zero-order valence-corrected chi connectivity index (χ0v) is 11.9. The number of esters is 1. The van der Waals surface area contributed by atoms with E-state index in [1.807, 2.05) is 13.8 Å². The summed E-state index contributed by atoms with van der Waals surface area (Å²) in [4.78, 5) is 15.8. The van der Waals surface area contributed by atoms with Gasteiger partial charge in [0.25, 0.3) is 0 Å². The Morgan fingerprint density at radius 1 is 1.71 bits per heavy atom. The van der Waals surface area contributed by atoms with Gasteiger partial charge in [0, 0.05) is 5.75 Å². The van der Waals surface area contributed by atoms with Gasteiger partial charge in [0.1, 0.15) is 11.9 Å². The molecule has 1 unspecified atom stereocenters. The van der Waals surface area contributed by atoms with Crippen LogP contribution in [-0.4, -0.2) is 40.3 Å². The van der Waals surface area contributed by atoms with Gasteiger partial charge < -0.3 is 10.1 Å². The lowest BCUT2D eigenvalue weighted by Crippen LogP contribution is -2.50. The standard InChI is InChI=1S/C10H17N3O2S2/c1-4-12-10(2,8(14)15-3)5-6-16-9-11-7-13-17-9/h7,12H,4-6H2,1-3H3. The number of carbonyl (C=O) groups is 1. The number of hydrogen-bond acceptors (Lipinski definition) is 7. The molecule has 96 valence electrons. The molecule has 1 rings (SSSR count). The Hall–Kier alpha value is -0.660. The van der Waals surface area contributed by atoms with Crippen molar-refractivity contribution >= 4 is 29.3 Å². The molecule has 5 nitrogen and oxygen atoms in total. The van der Waals surface area contributed by atoms with E-state index < -0.39 is 5.54 Å². The van der Waals surface area contributed by atoms with Gasteiger partial charge in [-0.05, 0) is 31.4 Å². The fourth-order valence-electron chi connectivity index (χ4n) is 1.45. The van der Waals surface area contributed by atoms with Crippen molar-refractivity contribution in [2.75, 3.05) is 19.4 Å². The molecule has 0 aliphatic heterocycles. The highest BCUT2D eigenvalue weighted by Crippen LogP contribution is 2.23. The molecule has 0 saturated heterocycles. The highest BCUT2D eigenvalue weighted by atomic mass is 32.2. The second kappa shape index (κ2) is 6.93. The van der Waals surface area contributed by atoms with Crippen LogP contribution in [0.25, 0.3) is 0 Å². The number of nitrogens with zero attached hydrogens (tertiary/aromatic N) is 2. The first-order chi connectivity index (χ1) is 8.12. The molecule has 1 aromatic heterocycles. The predicted molar refractivity (Wildman–Crippen MR) is 69.3 cm³/mol. The maximum absolute atomic E-state index is 11.7. The van der Waals surface area contributed by atoms with Gasteiger partial charge in [-0.25, -0.2) is 4.98 Å². The number of methoxy groups -OCH3 is 1. The van der Waals surface area contributed by atoms with Gasteiger partial charge in [0.2, 0.25) is 0 Å². The first-order valence-corrected chi connectivity index (χ1v) is 7.11. The number of hydrogen-bond donors (Lipinski definition) is 1. The predicted octanol–water partition coefficient (Wildman–Crippen LogP) is 1.56. The molecule has 17 heavy (non-hydrogen) atoms. The lowest BCUT2D eigenvalue weighted by Gasteiger charge is -2.27. The van der Waals surface area contributed by atoms with Gasteiger partial charge in [0.05, 0.1) is 7.11 Å². The van der Waals surface area contributed by atoms with E-state index >= 15 is 0 Å². The van der Waals surface area contributed by atoms with Crippen LogP contribution < -0.4 is 5.32 Å². The quantitative estimate of drug-likeness (QED) is 0.602. The molecule has 0 amide bonds. The van der Waals surface area contributed by atoms with Gasteiger partial charge in [0.15, 0.2) is 4.34 Å². The number of thioether (sulfide) groups is 1. The largest absolute Gasteiger partial charge is 0.468 e. The van der Waals surface area contributed by atoms with Crippen molar-refractivity contribution in [3.63, 3.8) is 0 Å². The lowest BCUT2D eigenvalue weighted by atomic mass is 9.99. The minimum atomic E-state index is -0.624. The van der Waals surface area contributed by atoms with Crippen molar-refractivity contribution in [3.05, 3.63) is 6.33 Å². The van der Waals surface area contributed by atoms with E-state index in [1.165, 1.54) is 25.0 Å². The van der Waals surface area contributed by atoms with E-state index in [1.54, 1.807) is 11.8 Å². The van der Waals surface area contributed by atoms with E-state index in [-0.39, 0.29) is 5.97 Å². The van der Waals surface area contributed by atoms with Crippen molar-refractivity contribution in [1.29, 1.82) is 0 Å². The molecule has 1 aromatic rings. The second-order valence-electron chi connectivity index (χ2n) is 3.66. The first-order valence-electron chi connectivity index (χ1n) is 5.35. The molecule has 0 aliphatic rings. The van der Waals surface area contributed by atoms with Crippen molar-refractivity contribution in [1.82, 2.24) is 14.7 Å². The highest BCUT2D eigenvalue weighted by Gasteiger charge is 2.32. The van der Waals surface area contributed by atoms with Crippen molar-refractivity contribution in [2.45, 2.75) is 30.1 Å². The molecule has 0 radical (unpaired) electrons. The summed E-state index contributed by atoms with van der Waals surface area (Å²) in [7, 11) is 1.41. The second-order valence-corrected chi connectivity index (χ2v) is 5.78. The molecule has 0 fully saturated rings. The molecule has 7 heteroatoms. The van der Waals surface area contributed by atoms with E-state index in [0.29, 0.717) is 6.42 Å². The number of carbonyl (C=O) groups excluding carboxylic acids is 1. The molecule has 0 saturated carbocycles. The van der Waals surface area contributed by atoms with Crippen molar-refractivity contribution < 1.29 is 9.53 Å². The number of aromatic nitrogens is 2. The van der Waals surface area contributed by atoms with Crippen LogP contribution in [0.15, 0.2) is 10.7 Å². The van der Waals surface area contributed by atoms with Crippen LogP contribution in [0.3, 0.4) is 0 Å². The monoisotopic (exact) mass is 275 g/mol. The maximum atomic E-state index is 11.7. The summed E-state index contributed by atoms with van der Waals surface area (Å²) >= 11 is 2.97. The minimum absolute atomic E-state index is 0.225. The molecule has 0 aromatic carbocycles. The van der Waals surface area contributed by atoms with Crippen LogP contribution in [0.1, 0.15) is 20.3 Å². The Labute approximate surface area is 110 Å². The highest BCUT2D eigenvalue weighted by molar-refractivity contribution is 8.00. The molecule has 1 heterocycles. The minimum Gasteiger partial charge on any atom is -0.468 e. The number of nitrogens with one attached hydrogen (secondary N) is 1. The zero-order chi connectivity index (χ0) is 12.7. The van der Waals surface area contributed by atoms with Crippen LogP contribution in [0.4, 0.5) is 0 Å². The van der Waals surface area contributed by atoms with Crippen LogP contribution >= 0.6 is 23.3 Å². The third-order valence-electron chi connectivity index (χ3n) is 2.37. The molecule has 0 aliphatic carbocycles. The smallest absolute Gasteiger partial charge is 0.325 e. The summed E-state index contributed by atoms with van der Waals surface area (Å²) in [6, 6.07) is 0. The van der Waals surface area contributed by atoms with Gasteiger partial charge >= 0.3 is 5.97 Å². The number of ether oxygens (including phenoxy) is 1. The molecule has 1 N–H and O–H groups in total. The van der Waals surface area contributed by atoms with Crippen LogP contribution in [-0.2, 0) is 9.53 Å². The number of rotatable bonds is 7. The van der Waals surface area contributed by atoms with E-state index in [0.717, 1.165) is 16.6 Å². The summed E-state index contributed by atoms with van der Waals surface area (Å²) in [5.41, 5.74) is -0.624. The fourth-order valence-corrected chi connectivity index (χ4v) is 3.12. The normalized spacial score (nSPS) is 14.3. The van der Waals surface area contributed by atoms with Crippen LogP contribution in [0.2, 0.25) is 0 Å². The summed E-state index contributed by atoms with van der Waals surface area (Å²) < 4.78 is 9.67. The van der Waals surface area contributed by atoms with Gasteiger partial charge in [-0.3, -0.25) is 4.79 Å². The molecule has 0 spiro atoms. The summed E-state index contributed by atoms with van der Waals surface area (Å²) in [5, 5.41) is 3.17. The Morgan fingerprint density at radius 2 is 2.47 bits per heavy atom. The Balaban J connectivity index is 2.46. The van der Waals surface area contributed by atoms with E-state index in [2.05, 4.69) is 14.7 Å². The lowest BCUT2D eigenvalue weighted by molar-refractivity contribution is -0.147. The molecular formula is C10H17N3O2S2. The summed E-state index contributed by atoms with van der Waals surface area (Å²) in [5.74, 6) is 0.575. The average Bonchev–Trinajstić information content (AvgIpc) is 2.81. The Kier molecular flexibility index (Phi) is 5.87. The zero-order valence-electron chi connectivity index (χ0n) is 10.2. The summed E-state index contributed by atoms with van der Waals surface area (Å²) in [6.45, 7) is 4.57. The number of likely N-dealkylation sites (N-methyl/N-ethyl adjacent to an activating group) is 1. The SMILES string of the molecule is CCNC(C)(CCSc1ncns1)C(=O)OC. The van der Waals surface area contributed by atoms with E-state index in [4.69, 9.17) is 4.74 Å². The Bertz CT molecular complexity index is 345. The van der Waals surface area contributed by atoms with Gasteiger partial charge in [-0.1, -0.05) is 18.7 Å². The average molecular weight is 275 g/mol. The third kappa shape index (κ3) is 4.25. The summed E-state index contributed by atoms with van der Waals surface area (Å²) in [6.07, 6.45) is 2.23. The van der Waals surface area contributed by atoms with Gasteiger partial charge in [-0.2, -0.15) is 4.37 Å². The third-order valence-corrected chi connectivity index (χ3v) is 4.17. The molecule has 1 atom stereocenters. The van der Waals surface area contributed by atoms with Crippen LogP contribution in [0.5, 0.6) is 0 Å². The topological polar surface area (TPSA) is 64.1 Å².